The Labute approximate surface area is 108 Å². The van der Waals surface area contributed by atoms with Gasteiger partial charge in [-0.15, -0.1) is 0 Å². The number of nitrogens with one attached hydrogen (secondary N) is 2. The fraction of sp³-hybridized carbons (Fsp3) is 0.846. The third-order valence-electron chi connectivity index (χ3n) is 4.17. The van der Waals surface area contributed by atoms with Crippen LogP contribution >= 0.6 is 0 Å². The summed E-state index contributed by atoms with van der Waals surface area (Å²) < 4.78 is 0. The van der Waals surface area contributed by atoms with Crippen LogP contribution in [0.1, 0.15) is 46.5 Å². The van der Waals surface area contributed by atoms with E-state index in [9.17, 15) is 14.7 Å². The van der Waals surface area contributed by atoms with Crippen LogP contribution in [0.2, 0.25) is 0 Å². The number of hydrogen-bond acceptors (Lipinski definition) is 2. The maximum absolute atomic E-state index is 11.6. The van der Waals surface area contributed by atoms with Crippen LogP contribution in [-0.4, -0.2) is 30.2 Å². The number of hydrogen-bond donors (Lipinski definition) is 3. The monoisotopic (exact) mass is 256 g/mol. The highest BCUT2D eigenvalue weighted by atomic mass is 16.4. The highest BCUT2D eigenvalue weighted by molar-refractivity contribution is 5.78. The molecule has 0 aromatic rings. The molecule has 0 atom stereocenters. The molecule has 1 rings (SSSR count). The molecule has 0 heterocycles. The molecule has 18 heavy (non-hydrogen) atoms. The molecule has 0 bridgehead atoms. The van der Waals surface area contributed by atoms with Gasteiger partial charge in [0.25, 0.3) is 0 Å². The van der Waals surface area contributed by atoms with Gasteiger partial charge in [0.1, 0.15) is 0 Å². The average Bonchev–Trinajstić information content (AvgIpc) is 3.07. The predicted octanol–water partition coefficient (Wildman–Crippen LogP) is 1.98. The molecule has 1 aliphatic carbocycles. The van der Waals surface area contributed by atoms with Crippen molar-refractivity contribution in [3.05, 3.63) is 0 Å². The van der Waals surface area contributed by atoms with E-state index in [0.717, 1.165) is 12.8 Å². The average molecular weight is 256 g/mol. The summed E-state index contributed by atoms with van der Waals surface area (Å²) in [4.78, 5) is 22.9. The van der Waals surface area contributed by atoms with E-state index in [0.29, 0.717) is 19.4 Å². The molecule has 0 aromatic carbocycles. The van der Waals surface area contributed by atoms with Crippen molar-refractivity contribution in [3.63, 3.8) is 0 Å². The topological polar surface area (TPSA) is 78.4 Å². The molecular formula is C13H24N2O3. The second-order valence-corrected chi connectivity index (χ2v) is 5.64. The van der Waals surface area contributed by atoms with E-state index in [1.165, 1.54) is 0 Å². The number of carbonyl (C=O) groups excluding carboxylic acids is 1. The molecule has 1 fully saturated rings. The normalized spacial score (nSPS) is 17.1. The fourth-order valence-corrected chi connectivity index (χ4v) is 1.87. The molecule has 0 spiro atoms. The molecule has 1 saturated carbocycles. The Kier molecular flexibility index (Phi) is 4.59. The molecule has 0 saturated heterocycles. The highest BCUT2D eigenvalue weighted by Crippen LogP contribution is 2.43. The standard InChI is InChI=1S/C13H24N2O3/c1-4-13(5-2,10(16)17)9-15-11(18)14-8-12(3)6-7-12/h4-9H2,1-3H3,(H,16,17)(H2,14,15,18). The fourth-order valence-electron chi connectivity index (χ4n) is 1.87. The third kappa shape index (κ3) is 3.62. The number of carbonyl (C=O) groups is 2. The van der Waals surface area contributed by atoms with Crippen LogP contribution in [0, 0.1) is 10.8 Å². The SMILES string of the molecule is CCC(CC)(CNC(=O)NCC1(C)CC1)C(=O)O. The lowest BCUT2D eigenvalue weighted by Crippen LogP contribution is -2.46. The third-order valence-corrected chi connectivity index (χ3v) is 4.17. The van der Waals surface area contributed by atoms with Gasteiger partial charge in [0.05, 0.1) is 5.41 Å². The molecule has 2 amide bonds. The minimum absolute atomic E-state index is 0.178. The summed E-state index contributed by atoms with van der Waals surface area (Å²) in [7, 11) is 0. The van der Waals surface area contributed by atoms with Crippen molar-refractivity contribution >= 4 is 12.0 Å². The first kappa shape index (κ1) is 14.8. The molecule has 104 valence electrons. The van der Waals surface area contributed by atoms with Gasteiger partial charge in [-0.2, -0.15) is 0 Å². The minimum atomic E-state index is -0.846. The maximum Gasteiger partial charge on any atom is 0.314 e. The number of rotatable bonds is 7. The smallest absolute Gasteiger partial charge is 0.314 e. The summed E-state index contributed by atoms with van der Waals surface area (Å²) in [6.45, 7) is 6.65. The van der Waals surface area contributed by atoms with E-state index in [1.54, 1.807) is 0 Å². The van der Waals surface area contributed by atoms with Gasteiger partial charge in [-0.3, -0.25) is 4.79 Å². The van der Waals surface area contributed by atoms with E-state index < -0.39 is 11.4 Å². The number of carboxylic acids is 1. The van der Waals surface area contributed by atoms with E-state index in [4.69, 9.17) is 0 Å². The Morgan fingerprint density at radius 1 is 1.22 bits per heavy atom. The molecule has 0 aromatic heterocycles. The second-order valence-electron chi connectivity index (χ2n) is 5.64. The minimum Gasteiger partial charge on any atom is -0.481 e. The molecule has 3 N–H and O–H groups in total. The van der Waals surface area contributed by atoms with E-state index in [2.05, 4.69) is 17.6 Å². The van der Waals surface area contributed by atoms with Crippen molar-refractivity contribution in [3.8, 4) is 0 Å². The van der Waals surface area contributed by atoms with Gasteiger partial charge in [0.2, 0.25) is 0 Å². The van der Waals surface area contributed by atoms with Crippen molar-refractivity contribution < 1.29 is 14.7 Å². The lowest BCUT2D eigenvalue weighted by atomic mass is 9.82. The summed E-state index contributed by atoms with van der Waals surface area (Å²) in [6, 6.07) is -0.268. The summed E-state index contributed by atoms with van der Waals surface area (Å²) >= 11 is 0. The summed E-state index contributed by atoms with van der Waals surface area (Å²) in [5.41, 5.74) is -0.586. The molecular weight excluding hydrogens is 232 g/mol. The van der Waals surface area contributed by atoms with Crippen molar-refractivity contribution in [1.82, 2.24) is 10.6 Å². The summed E-state index contributed by atoms with van der Waals surface area (Å²) in [5, 5.41) is 14.7. The first-order chi connectivity index (χ1) is 8.37. The predicted molar refractivity (Wildman–Crippen MR) is 69.4 cm³/mol. The van der Waals surface area contributed by atoms with Crippen LogP contribution in [0.3, 0.4) is 0 Å². The van der Waals surface area contributed by atoms with Gasteiger partial charge < -0.3 is 15.7 Å². The van der Waals surface area contributed by atoms with Gasteiger partial charge in [-0.05, 0) is 31.1 Å². The van der Waals surface area contributed by atoms with Crippen LogP contribution in [0.25, 0.3) is 0 Å². The lowest BCUT2D eigenvalue weighted by molar-refractivity contribution is -0.149. The summed E-state index contributed by atoms with van der Waals surface area (Å²) in [5.74, 6) is -0.845. The van der Waals surface area contributed by atoms with Crippen molar-refractivity contribution in [2.75, 3.05) is 13.1 Å². The first-order valence-electron chi connectivity index (χ1n) is 6.62. The summed E-state index contributed by atoms with van der Waals surface area (Å²) in [6.07, 6.45) is 3.32. The Bertz CT molecular complexity index is 320. The lowest BCUT2D eigenvalue weighted by Gasteiger charge is -2.27. The zero-order valence-electron chi connectivity index (χ0n) is 11.5. The molecule has 0 radical (unpaired) electrons. The maximum atomic E-state index is 11.6. The van der Waals surface area contributed by atoms with Crippen molar-refractivity contribution in [2.24, 2.45) is 10.8 Å². The number of carboxylic acid groups (broad SMARTS) is 1. The van der Waals surface area contributed by atoms with Crippen LogP contribution < -0.4 is 10.6 Å². The first-order valence-corrected chi connectivity index (χ1v) is 6.62. The second kappa shape index (κ2) is 5.59. The molecule has 5 heteroatoms. The number of amides is 2. The Balaban J connectivity index is 2.37. The van der Waals surface area contributed by atoms with Crippen molar-refractivity contribution in [2.45, 2.75) is 46.5 Å². The molecule has 0 aliphatic heterocycles. The van der Waals surface area contributed by atoms with Gasteiger partial charge in [0, 0.05) is 13.1 Å². The zero-order valence-corrected chi connectivity index (χ0v) is 11.5. The highest BCUT2D eigenvalue weighted by Gasteiger charge is 2.38. The van der Waals surface area contributed by atoms with Crippen LogP contribution in [0.4, 0.5) is 4.79 Å². The molecule has 1 aliphatic rings. The zero-order chi connectivity index (χ0) is 13.8. The van der Waals surface area contributed by atoms with E-state index >= 15 is 0 Å². The van der Waals surface area contributed by atoms with Crippen molar-refractivity contribution in [1.29, 1.82) is 0 Å². The van der Waals surface area contributed by atoms with Gasteiger partial charge >= 0.3 is 12.0 Å². The largest absolute Gasteiger partial charge is 0.481 e. The van der Waals surface area contributed by atoms with Gasteiger partial charge in [-0.25, -0.2) is 4.79 Å². The number of urea groups is 1. The number of aliphatic carboxylic acids is 1. The Morgan fingerprint density at radius 3 is 2.17 bits per heavy atom. The Morgan fingerprint density at radius 2 is 1.78 bits per heavy atom. The van der Waals surface area contributed by atoms with Gasteiger partial charge in [0.15, 0.2) is 0 Å². The van der Waals surface area contributed by atoms with Gasteiger partial charge in [-0.1, -0.05) is 20.8 Å². The van der Waals surface area contributed by atoms with Crippen LogP contribution in [0.15, 0.2) is 0 Å². The van der Waals surface area contributed by atoms with Crippen LogP contribution in [0.5, 0.6) is 0 Å². The molecule has 5 nitrogen and oxygen atoms in total. The Hall–Kier alpha value is -1.26. The van der Waals surface area contributed by atoms with Crippen LogP contribution in [-0.2, 0) is 4.79 Å². The van der Waals surface area contributed by atoms with E-state index in [-0.39, 0.29) is 18.0 Å². The molecule has 0 unspecified atom stereocenters. The quantitative estimate of drug-likeness (QED) is 0.651. The van der Waals surface area contributed by atoms with E-state index in [1.807, 2.05) is 13.8 Å².